The van der Waals surface area contributed by atoms with E-state index in [-0.39, 0.29) is 0 Å². The van der Waals surface area contributed by atoms with Gasteiger partial charge >= 0.3 is 0 Å². The van der Waals surface area contributed by atoms with Gasteiger partial charge in [-0.1, -0.05) is 5.16 Å². The summed E-state index contributed by atoms with van der Waals surface area (Å²) in [6.45, 7) is 2.39. The second-order valence-electron chi connectivity index (χ2n) is 3.91. The topological polar surface area (TPSA) is 47.3 Å². The van der Waals surface area contributed by atoms with E-state index in [0.29, 0.717) is 0 Å². The van der Waals surface area contributed by atoms with Crippen molar-refractivity contribution in [2.75, 3.05) is 20.3 Å². The van der Waals surface area contributed by atoms with Gasteiger partial charge in [-0.05, 0) is 19.3 Å². The molecule has 1 heterocycles. The summed E-state index contributed by atoms with van der Waals surface area (Å²) in [6, 6.07) is 0. The van der Waals surface area contributed by atoms with E-state index >= 15 is 0 Å². The molecule has 1 N–H and O–H groups in total. The minimum Gasteiger partial charge on any atom is -0.383 e. The molecule has 0 unspecified atom stereocenters. The molecule has 0 radical (unpaired) electrons. The average molecular weight is 210 g/mol. The smallest absolute Gasteiger partial charge is 0.140 e. The number of hydrogen-bond donors (Lipinski definition) is 1. The van der Waals surface area contributed by atoms with Crippen molar-refractivity contribution in [2.24, 2.45) is 0 Å². The zero-order valence-electron chi connectivity index (χ0n) is 9.21. The van der Waals surface area contributed by atoms with E-state index in [1.807, 2.05) is 0 Å². The van der Waals surface area contributed by atoms with Crippen LogP contribution in [0.1, 0.15) is 29.9 Å². The molecule has 0 bridgehead atoms. The Morgan fingerprint density at radius 2 is 2.27 bits per heavy atom. The lowest BCUT2D eigenvalue weighted by atomic mass is 9.96. The number of rotatable bonds is 5. The number of fused-ring (bicyclic) bond motifs is 1. The Labute approximate surface area is 90.0 Å². The maximum absolute atomic E-state index is 5.32. The molecule has 2 rings (SSSR count). The second-order valence-corrected chi connectivity index (χ2v) is 3.91. The Balaban J connectivity index is 1.88. The van der Waals surface area contributed by atoms with Crippen LogP contribution >= 0.6 is 0 Å². The zero-order valence-corrected chi connectivity index (χ0v) is 9.21. The van der Waals surface area contributed by atoms with E-state index in [4.69, 9.17) is 9.26 Å². The molecule has 0 aromatic carbocycles. The minimum absolute atomic E-state index is 0.736. The number of aromatic nitrogens is 1. The summed E-state index contributed by atoms with van der Waals surface area (Å²) < 4.78 is 10.3. The van der Waals surface area contributed by atoms with Crippen LogP contribution in [-0.4, -0.2) is 25.4 Å². The third-order valence-corrected chi connectivity index (χ3v) is 2.81. The van der Waals surface area contributed by atoms with Crippen molar-refractivity contribution in [3.8, 4) is 0 Å². The summed E-state index contributed by atoms with van der Waals surface area (Å²) in [6.07, 6.45) is 4.68. The summed E-state index contributed by atoms with van der Waals surface area (Å²) in [5, 5.41) is 7.41. The van der Waals surface area contributed by atoms with E-state index in [0.717, 1.165) is 44.0 Å². The fourth-order valence-corrected chi connectivity index (χ4v) is 1.97. The standard InChI is InChI=1S/C11H18N2O2/c1-14-7-6-12-8-10-9-4-2-3-5-11(9)15-13-10/h12H,2-8H2,1H3. The highest BCUT2D eigenvalue weighted by Gasteiger charge is 2.18. The molecule has 0 aliphatic heterocycles. The molecule has 0 amide bonds. The molecule has 4 heteroatoms. The molecule has 0 fully saturated rings. The van der Waals surface area contributed by atoms with Gasteiger partial charge in [0.1, 0.15) is 11.5 Å². The molecule has 0 saturated carbocycles. The van der Waals surface area contributed by atoms with Crippen LogP contribution in [0, 0.1) is 0 Å². The molecule has 0 spiro atoms. The van der Waals surface area contributed by atoms with E-state index in [1.165, 1.54) is 18.4 Å². The molecule has 0 saturated heterocycles. The third kappa shape index (κ3) is 2.58. The van der Waals surface area contributed by atoms with E-state index in [9.17, 15) is 0 Å². The molecular formula is C11H18N2O2. The number of nitrogens with zero attached hydrogens (tertiary/aromatic N) is 1. The quantitative estimate of drug-likeness (QED) is 0.744. The number of hydrogen-bond acceptors (Lipinski definition) is 4. The van der Waals surface area contributed by atoms with Gasteiger partial charge in [-0.2, -0.15) is 0 Å². The van der Waals surface area contributed by atoms with Gasteiger partial charge < -0.3 is 14.6 Å². The van der Waals surface area contributed by atoms with E-state index in [2.05, 4.69) is 10.5 Å². The van der Waals surface area contributed by atoms with Gasteiger partial charge in [0.2, 0.25) is 0 Å². The highest BCUT2D eigenvalue weighted by atomic mass is 16.5. The van der Waals surface area contributed by atoms with Gasteiger partial charge in [-0.25, -0.2) is 0 Å². The zero-order chi connectivity index (χ0) is 10.5. The van der Waals surface area contributed by atoms with Gasteiger partial charge in [0.05, 0.1) is 6.61 Å². The van der Waals surface area contributed by atoms with Gasteiger partial charge in [-0.15, -0.1) is 0 Å². The van der Waals surface area contributed by atoms with Crippen LogP contribution in [0.25, 0.3) is 0 Å². The second kappa shape index (κ2) is 5.28. The first-order valence-corrected chi connectivity index (χ1v) is 5.57. The number of ether oxygens (including phenoxy) is 1. The van der Waals surface area contributed by atoms with E-state index < -0.39 is 0 Å². The van der Waals surface area contributed by atoms with Crippen molar-refractivity contribution >= 4 is 0 Å². The SMILES string of the molecule is COCCNCc1noc2c1CCCC2. The van der Waals surface area contributed by atoms with Crippen LogP contribution in [0.5, 0.6) is 0 Å². The molecule has 1 aromatic heterocycles. The molecular weight excluding hydrogens is 192 g/mol. The first-order chi connectivity index (χ1) is 7.42. The number of aryl methyl sites for hydroxylation is 1. The molecule has 0 atom stereocenters. The lowest BCUT2D eigenvalue weighted by Gasteiger charge is -2.09. The van der Waals surface area contributed by atoms with Crippen LogP contribution in [0.3, 0.4) is 0 Å². The predicted molar refractivity (Wildman–Crippen MR) is 56.7 cm³/mol. The first-order valence-electron chi connectivity index (χ1n) is 5.57. The van der Waals surface area contributed by atoms with Gasteiger partial charge in [0, 0.05) is 32.2 Å². The summed E-state index contributed by atoms with van der Waals surface area (Å²) in [5.74, 6) is 1.10. The molecule has 1 aromatic rings. The van der Waals surface area contributed by atoms with Gasteiger partial charge in [0.25, 0.3) is 0 Å². The van der Waals surface area contributed by atoms with Crippen LogP contribution < -0.4 is 5.32 Å². The molecule has 4 nitrogen and oxygen atoms in total. The lowest BCUT2D eigenvalue weighted by molar-refractivity contribution is 0.199. The molecule has 84 valence electrons. The summed E-state index contributed by atoms with van der Waals surface area (Å²) in [7, 11) is 1.71. The summed E-state index contributed by atoms with van der Waals surface area (Å²) in [5.41, 5.74) is 2.42. The van der Waals surface area contributed by atoms with Crippen molar-refractivity contribution in [1.82, 2.24) is 10.5 Å². The maximum atomic E-state index is 5.32. The first kappa shape index (κ1) is 10.6. The van der Waals surface area contributed by atoms with Crippen LogP contribution in [-0.2, 0) is 24.1 Å². The Hall–Kier alpha value is -0.870. The Morgan fingerprint density at radius 1 is 1.40 bits per heavy atom. The van der Waals surface area contributed by atoms with E-state index in [1.54, 1.807) is 7.11 Å². The molecule has 1 aliphatic rings. The monoisotopic (exact) mass is 210 g/mol. The largest absolute Gasteiger partial charge is 0.383 e. The van der Waals surface area contributed by atoms with Gasteiger partial charge in [0.15, 0.2) is 0 Å². The fraction of sp³-hybridized carbons (Fsp3) is 0.727. The normalized spacial score (nSPS) is 15.3. The number of nitrogens with one attached hydrogen (secondary N) is 1. The summed E-state index contributed by atoms with van der Waals surface area (Å²) in [4.78, 5) is 0. The van der Waals surface area contributed by atoms with Crippen LogP contribution in [0.4, 0.5) is 0 Å². The Bertz CT molecular complexity index is 310. The van der Waals surface area contributed by atoms with Crippen molar-refractivity contribution in [2.45, 2.75) is 32.2 Å². The Kier molecular flexibility index (Phi) is 3.75. The average Bonchev–Trinajstić information content (AvgIpc) is 2.68. The third-order valence-electron chi connectivity index (χ3n) is 2.81. The Morgan fingerprint density at radius 3 is 3.13 bits per heavy atom. The predicted octanol–water partition coefficient (Wildman–Crippen LogP) is 1.29. The van der Waals surface area contributed by atoms with Crippen molar-refractivity contribution < 1.29 is 9.26 Å². The summed E-state index contributed by atoms with van der Waals surface area (Å²) >= 11 is 0. The van der Waals surface area contributed by atoms with Crippen LogP contribution in [0.2, 0.25) is 0 Å². The van der Waals surface area contributed by atoms with Crippen molar-refractivity contribution in [1.29, 1.82) is 0 Å². The minimum atomic E-state index is 0.736. The molecule has 1 aliphatic carbocycles. The highest BCUT2D eigenvalue weighted by molar-refractivity contribution is 5.25. The van der Waals surface area contributed by atoms with Crippen molar-refractivity contribution in [3.05, 3.63) is 17.0 Å². The van der Waals surface area contributed by atoms with Crippen LogP contribution in [0.15, 0.2) is 4.52 Å². The molecule has 15 heavy (non-hydrogen) atoms. The van der Waals surface area contributed by atoms with Gasteiger partial charge in [-0.3, -0.25) is 0 Å². The number of methoxy groups -OCH3 is 1. The fourth-order valence-electron chi connectivity index (χ4n) is 1.97. The maximum Gasteiger partial charge on any atom is 0.140 e. The highest BCUT2D eigenvalue weighted by Crippen LogP contribution is 2.23. The lowest BCUT2D eigenvalue weighted by Crippen LogP contribution is -2.19. The van der Waals surface area contributed by atoms with Crippen molar-refractivity contribution in [3.63, 3.8) is 0 Å².